The van der Waals surface area contributed by atoms with Gasteiger partial charge in [0.15, 0.2) is 5.84 Å². The number of hydrogen-bond acceptors (Lipinski definition) is 4. The zero-order chi connectivity index (χ0) is 15.6. The minimum atomic E-state index is -0.492. The molecule has 1 aliphatic heterocycles. The number of piperazine rings is 1. The van der Waals surface area contributed by atoms with Gasteiger partial charge in [-0.2, -0.15) is 0 Å². The van der Waals surface area contributed by atoms with Gasteiger partial charge < -0.3 is 15.8 Å². The summed E-state index contributed by atoms with van der Waals surface area (Å²) in [7, 11) is 0. The third kappa shape index (κ3) is 4.10. The van der Waals surface area contributed by atoms with E-state index < -0.39 is 5.54 Å². The molecule has 6 heteroatoms. The lowest BCUT2D eigenvalue weighted by atomic mass is 9.91. The highest BCUT2D eigenvalue weighted by atomic mass is 16.4. The third-order valence-electron chi connectivity index (χ3n) is 3.84. The first-order chi connectivity index (χ1) is 9.08. The van der Waals surface area contributed by atoms with Gasteiger partial charge in [0, 0.05) is 32.6 Å². The van der Waals surface area contributed by atoms with Crippen molar-refractivity contribution in [3.8, 4) is 0 Å². The van der Waals surface area contributed by atoms with Crippen molar-refractivity contribution in [1.82, 2.24) is 9.80 Å². The molecule has 1 aliphatic rings. The van der Waals surface area contributed by atoms with E-state index in [0.717, 1.165) is 13.1 Å². The van der Waals surface area contributed by atoms with Crippen LogP contribution in [-0.2, 0) is 4.79 Å². The smallest absolute Gasteiger partial charge is 0.223 e. The molecule has 116 valence electrons. The number of rotatable bonds is 3. The number of carbonyl (C=O) groups excluding carboxylic acids is 1. The van der Waals surface area contributed by atoms with E-state index in [4.69, 9.17) is 10.9 Å². The quantitative estimate of drug-likeness (QED) is 0.352. The summed E-state index contributed by atoms with van der Waals surface area (Å²) in [6.07, 6.45) is 0.566. The molecule has 0 aromatic heterocycles. The van der Waals surface area contributed by atoms with Crippen molar-refractivity contribution in [2.75, 3.05) is 26.2 Å². The predicted octanol–water partition coefficient (Wildman–Crippen LogP) is 1.09. The van der Waals surface area contributed by atoms with Gasteiger partial charge in [-0.15, -0.1) is 0 Å². The minimum absolute atomic E-state index is 0.0153. The molecule has 0 unspecified atom stereocenters. The summed E-state index contributed by atoms with van der Waals surface area (Å²) in [6, 6.07) is 0. The van der Waals surface area contributed by atoms with Crippen LogP contribution in [0.3, 0.4) is 0 Å². The zero-order valence-corrected chi connectivity index (χ0v) is 13.3. The first-order valence-electron chi connectivity index (χ1n) is 7.09. The SMILES string of the molecule is CC(C)(C)CC(=O)N1CCN(C(C)(C)C(N)=NO)CC1. The maximum atomic E-state index is 12.2. The summed E-state index contributed by atoms with van der Waals surface area (Å²) in [5.74, 6) is 0.408. The molecule has 1 saturated heterocycles. The van der Waals surface area contributed by atoms with Crippen molar-refractivity contribution >= 4 is 11.7 Å². The van der Waals surface area contributed by atoms with Gasteiger partial charge >= 0.3 is 0 Å². The van der Waals surface area contributed by atoms with Crippen molar-refractivity contribution in [2.24, 2.45) is 16.3 Å². The third-order valence-corrected chi connectivity index (χ3v) is 3.84. The number of amides is 1. The average molecular weight is 284 g/mol. The fraction of sp³-hybridized carbons (Fsp3) is 0.857. The van der Waals surface area contributed by atoms with Gasteiger partial charge in [0.25, 0.3) is 0 Å². The van der Waals surface area contributed by atoms with E-state index in [1.807, 2.05) is 18.7 Å². The normalized spacial score (nSPS) is 19.2. The van der Waals surface area contributed by atoms with Crippen LogP contribution in [0.5, 0.6) is 0 Å². The Morgan fingerprint density at radius 3 is 2.05 bits per heavy atom. The fourth-order valence-corrected chi connectivity index (χ4v) is 2.36. The van der Waals surface area contributed by atoms with Crippen LogP contribution < -0.4 is 5.73 Å². The molecule has 1 fully saturated rings. The highest BCUT2D eigenvalue weighted by molar-refractivity contribution is 5.88. The molecule has 1 rings (SSSR count). The largest absolute Gasteiger partial charge is 0.409 e. The van der Waals surface area contributed by atoms with Crippen LogP contribution in [0.2, 0.25) is 0 Å². The Morgan fingerprint density at radius 2 is 1.65 bits per heavy atom. The molecular formula is C14H28N4O2. The van der Waals surface area contributed by atoms with Gasteiger partial charge in [0.1, 0.15) is 0 Å². The highest BCUT2D eigenvalue weighted by Crippen LogP contribution is 2.22. The summed E-state index contributed by atoms with van der Waals surface area (Å²) >= 11 is 0. The molecule has 0 atom stereocenters. The standard InChI is InChI=1S/C14H28N4O2/c1-13(2,3)10-11(19)17-6-8-18(9-7-17)14(4,5)12(15)16-20/h20H,6-10H2,1-5H3,(H2,15,16). The van der Waals surface area contributed by atoms with Crippen molar-refractivity contribution in [1.29, 1.82) is 0 Å². The van der Waals surface area contributed by atoms with E-state index in [1.54, 1.807) is 0 Å². The Balaban J connectivity index is 2.58. The number of nitrogens with two attached hydrogens (primary N) is 1. The van der Waals surface area contributed by atoms with Gasteiger partial charge in [0.2, 0.25) is 5.91 Å². The molecular weight excluding hydrogens is 256 g/mol. The number of oxime groups is 1. The predicted molar refractivity (Wildman–Crippen MR) is 79.7 cm³/mol. The van der Waals surface area contributed by atoms with E-state index >= 15 is 0 Å². The van der Waals surface area contributed by atoms with E-state index in [0.29, 0.717) is 19.5 Å². The average Bonchev–Trinajstić information content (AvgIpc) is 2.35. The van der Waals surface area contributed by atoms with Crippen LogP contribution in [0, 0.1) is 5.41 Å². The molecule has 20 heavy (non-hydrogen) atoms. The number of carbonyl (C=O) groups is 1. The fourth-order valence-electron chi connectivity index (χ4n) is 2.36. The van der Waals surface area contributed by atoms with E-state index in [2.05, 4.69) is 30.8 Å². The lowest BCUT2D eigenvalue weighted by Crippen LogP contribution is -2.60. The topological polar surface area (TPSA) is 82.2 Å². The molecule has 6 nitrogen and oxygen atoms in total. The van der Waals surface area contributed by atoms with Crippen LogP contribution >= 0.6 is 0 Å². The molecule has 0 aliphatic carbocycles. The number of nitrogens with zero attached hydrogens (tertiary/aromatic N) is 3. The molecule has 0 aromatic carbocycles. The van der Waals surface area contributed by atoms with Crippen LogP contribution in [0.25, 0.3) is 0 Å². The zero-order valence-electron chi connectivity index (χ0n) is 13.3. The molecule has 0 radical (unpaired) electrons. The molecule has 0 saturated carbocycles. The molecule has 0 aromatic rings. The van der Waals surface area contributed by atoms with Gasteiger partial charge in [-0.3, -0.25) is 9.69 Å². The van der Waals surface area contributed by atoms with Crippen LogP contribution in [0.4, 0.5) is 0 Å². The Kier molecular flexibility index (Phi) is 5.02. The summed E-state index contributed by atoms with van der Waals surface area (Å²) < 4.78 is 0. The first-order valence-corrected chi connectivity index (χ1v) is 7.09. The van der Waals surface area contributed by atoms with E-state index in [1.165, 1.54) is 0 Å². The Hall–Kier alpha value is -1.30. The highest BCUT2D eigenvalue weighted by Gasteiger charge is 2.35. The van der Waals surface area contributed by atoms with Crippen LogP contribution in [0.15, 0.2) is 5.16 Å². The van der Waals surface area contributed by atoms with Crippen molar-refractivity contribution in [2.45, 2.75) is 46.6 Å². The van der Waals surface area contributed by atoms with Gasteiger partial charge in [0.05, 0.1) is 5.54 Å². The lowest BCUT2D eigenvalue weighted by molar-refractivity contribution is -0.135. The van der Waals surface area contributed by atoms with Gasteiger partial charge in [-0.05, 0) is 19.3 Å². The summed E-state index contributed by atoms with van der Waals surface area (Å²) in [6.45, 7) is 12.9. The molecule has 0 bridgehead atoms. The maximum Gasteiger partial charge on any atom is 0.223 e. The Morgan fingerprint density at radius 1 is 1.15 bits per heavy atom. The molecule has 1 heterocycles. The van der Waals surface area contributed by atoms with E-state index in [-0.39, 0.29) is 17.2 Å². The second kappa shape index (κ2) is 5.99. The first kappa shape index (κ1) is 16.8. The summed E-state index contributed by atoms with van der Waals surface area (Å²) in [5, 5.41) is 12.0. The van der Waals surface area contributed by atoms with Crippen molar-refractivity contribution in [3.63, 3.8) is 0 Å². The Bertz CT molecular complexity index is 377. The maximum absolute atomic E-state index is 12.2. The molecule has 1 amide bonds. The monoisotopic (exact) mass is 284 g/mol. The summed E-state index contributed by atoms with van der Waals surface area (Å²) in [4.78, 5) is 16.2. The second-order valence-electron chi connectivity index (χ2n) is 7.15. The lowest BCUT2D eigenvalue weighted by Gasteiger charge is -2.43. The second-order valence-corrected chi connectivity index (χ2v) is 7.15. The summed E-state index contributed by atoms with van der Waals surface area (Å²) in [5.41, 5.74) is 5.26. The van der Waals surface area contributed by atoms with Crippen LogP contribution in [0.1, 0.15) is 41.0 Å². The molecule has 3 N–H and O–H groups in total. The van der Waals surface area contributed by atoms with Crippen molar-refractivity contribution < 1.29 is 10.0 Å². The van der Waals surface area contributed by atoms with Crippen LogP contribution in [-0.4, -0.2) is 58.5 Å². The molecule has 0 spiro atoms. The minimum Gasteiger partial charge on any atom is -0.409 e. The number of hydrogen-bond donors (Lipinski definition) is 2. The number of amidine groups is 1. The van der Waals surface area contributed by atoms with E-state index in [9.17, 15) is 4.79 Å². The van der Waals surface area contributed by atoms with Crippen molar-refractivity contribution in [3.05, 3.63) is 0 Å². The Labute approximate surface area is 121 Å². The van der Waals surface area contributed by atoms with Gasteiger partial charge in [-0.1, -0.05) is 25.9 Å². The van der Waals surface area contributed by atoms with Gasteiger partial charge in [-0.25, -0.2) is 0 Å².